The largest absolute Gasteiger partial charge is 0.362 e. The molecule has 0 saturated heterocycles. The number of rotatable bonds is 2. The fourth-order valence-electron chi connectivity index (χ4n) is 2.80. The molecular formula is C15H12BrN3S. The second-order valence-electron chi connectivity index (χ2n) is 4.92. The molecule has 0 bridgehead atoms. The molecule has 2 heterocycles. The van der Waals surface area contributed by atoms with Crippen LogP contribution in [0.1, 0.15) is 23.6 Å². The van der Waals surface area contributed by atoms with Gasteiger partial charge < -0.3 is 5.32 Å². The van der Waals surface area contributed by atoms with Crippen molar-refractivity contribution in [3.8, 4) is 0 Å². The van der Waals surface area contributed by atoms with Crippen molar-refractivity contribution in [2.45, 2.75) is 18.9 Å². The molecule has 1 N–H and O–H groups in total. The zero-order valence-electron chi connectivity index (χ0n) is 10.6. The highest BCUT2D eigenvalue weighted by molar-refractivity contribution is 9.10. The van der Waals surface area contributed by atoms with E-state index in [0.717, 1.165) is 33.3 Å². The van der Waals surface area contributed by atoms with Gasteiger partial charge in [-0.15, -0.1) is 11.3 Å². The van der Waals surface area contributed by atoms with E-state index in [-0.39, 0.29) is 0 Å². The summed E-state index contributed by atoms with van der Waals surface area (Å²) in [4.78, 5) is 8.76. The van der Waals surface area contributed by atoms with Gasteiger partial charge in [0, 0.05) is 5.38 Å². The summed E-state index contributed by atoms with van der Waals surface area (Å²) in [6, 6.07) is 9.00. The molecule has 4 rings (SSSR count). The topological polar surface area (TPSA) is 37.8 Å². The second kappa shape index (κ2) is 4.82. The fraction of sp³-hybridized carbons (Fsp3) is 0.200. The van der Waals surface area contributed by atoms with E-state index in [1.165, 1.54) is 11.1 Å². The van der Waals surface area contributed by atoms with Gasteiger partial charge in [-0.25, -0.2) is 9.97 Å². The fourth-order valence-corrected chi connectivity index (χ4v) is 4.34. The van der Waals surface area contributed by atoms with Gasteiger partial charge in [0.05, 0.1) is 15.2 Å². The molecule has 0 fully saturated rings. The van der Waals surface area contributed by atoms with E-state index in [1.807, 2.05) is 0 Å². The summed E-state index contributed by atoms with van der Waals surface area (Å²) in [5, 5.41) is 5.65. The van der Waals surface area contributed by atoms with Crippen molar-refractivity contribution < 1.29 is 0 Å². The molecular weight excluding hydrogens is 334 g/mol. The number of hydrogen-bond acceptors (Lipinski definition) is 4. The number of benzene rings is 1. The number of nitrogens with zero attached hydrogens (tertiary/aromatic N) is 2. The Hall–Kier alpha value is -1.46. The van der Waals surface area contributed by atoms with Gasteiger partial charge >= 0.3 is 0 Å². The minimum atomic E-state index is 0.352. The average Bonchev–Trinajstić information content (AvgIpc) is 3.05. The smallest absolute Gasteiger partial charge is 0.147 e. The summed E-state index contributed by atoms with van der Waals surface area (Å²) in [7, 11) is 0. The molecule has 1 aromatic carbocycles. The molecule has 5 heteroatoms. The number of aromatic nitrogens is 2. The Bertz CT molecular complexity index is 784. The Balaban J connectivity index is 1.72. The molecule has 0 amide bonds. The summed E-state index contributed by atoms with van der Waals surface area (Å²) in [6.45, 7) is 0. The molecule has 100 valence electrons. The minimum Gasteiger partial charge on any atom is -0.362 e. The van der Waals surface area contributed by atoms with E-state index in [0.29, 0.717) is 6.04 Å². The maximum absolute atomic E-state index is 4.42. The summed E-state index contributed by atoms with van der Waals surface area (Å²) in [6.07, 6.45) is 3.89. The van der Waals surface area contributed by atoms with E-state index in [1.54, 1.807) is 17.7 Å². The first kappa shape index (κ1) is 12.3. The summed E-state index contributed by atoms with van der Waals surface area (Å²) in [5.74, 6) is 0.937. The summed E-state index contributed by atoms with van der Waals surface area (Å²) >= 11 is 5.20. The van der Waals surface area contributed by atoms with Crippen LogP contribution in [0.4, 0.5) is 5.82 Å². The lowest BCUT2D eigenvalue weighted by Crippen LogP contribution is -2.08. The standard InChI is InChI=1S/C15H12BrN3S/c16-11-7-20-14-13(11)17-8-18-15(14)19-12-6-5-9-3-1-2-4-10(9)12/h1-4,7-8,12H,5-6H2,(H,17,18,19)/t12-/m0/s1. The lowest BCUT2D eigenvalue weighted by Gasteiger charge is -2.15. The number of hydrogen-bond donors (Lipinski definition) is 1. The number of aryl methyl sites for hydroxylation is 1. The lowest BCUT2D eigenvalue weighted by molar-refractivity contribution is 0.758. The highest BCUT2D eigenvalue weighted by Crippen LogP contribution is 2.37. The molecule has 0 unspecified atom stereocenters. The van der Waals surface area contributed by atoms with E-state index in [4.69, 9.17) is 0 Å². The van der Waals surface area contributed by atoms with Crippen molar-refractivity contribution in [3.63, 3.8) is 0 Å². The predicted molar refractivity (Wildman–Crippen MR) is 86.2 cm³/mol. The van der Waals surface area contributed by atoms with E-state index >= 15 is 0 Å². The van der Waals surface area contributed by atoms with Crippen LogP contribution in [0.25, 0.3) is 10.2 Å². The van der Waals surface area contributed by atoms with Crippen LogP contribution < -0.4 is 5.32 Å². The second-order valence-corrected chi connectivity index (χ2v) is 6.65. The first-order valence-corrected chi connectivity index (χ1v) is 8.22. The van der Waals surface area contributed by atoms with Crippen LogP contribution in [-0.4, -0.2) is 9.97 Å². The maximum Gasteiger partial charge on any atom is 0.147 e. The molecule has 2 aromatic heterocycles. The predicted octanol–water partition coefficient (Wildman–Crippen LogP) is 4.55. The van der Waals surface area contributed by atoms with Crippen LogP contribution in [-0.2, 0) is 6.42 Å². The normalized spacial score (nSPS) is 17.4. The summed E-state index contributed by atoms with van der Waals surface area (Å²) < 4.78 is 2.15. The van der Waals surface area contributed by atoms with Crippen LogP contribution in [0.2, 0.25) is 0 Å². The van der Waals surface area contributed by atoms with Gasteiger partial charge in [0.25, 0.3) is 0 Å². The Labute approximate surface area is 129 Å². The third-order valence-electron chi connectivity index (χ3n) is 3.75. The monoisotopic (exact) mass is 345 g/mol. The van der Waals surface area contributed by atoms with Crippen molar-refractivity contribution in [2.24, 2.45) is 0 Å². The van der Waals surface area contributed by atoms with Crippen LogP contribution in [0, 0.1) is 0 Å². The Kier molecular flexibility index (Phi) is 2.97. The molecule has 20 heavy (non-hydrogen) atoms. The molecule has 3 aromatic rings. The van der Waals surface area contributed by atoms with Gasteiger partial charge in [0.1, 0.15) is 17.7 Å². The van der Waals surface area contributed by atoms with Crippen molar-refractivity contribution in [1.82, 2.24) is 9.97 Å². The first-order chi connectivity index (χ1) is 9.83. The number of nitrogens with one attached hydrogen (secondary N) is 1. The Morgan fingerprint density at radius 2 is 2.15 bits per heavy atom. The highest BCUT2D eigenvalue weighted by atomic mass is 79.9. The quantitative estimate of drug-likeness (QED) is 0.740. The average molecular weight is 346 g/mol. The molecule has 0 saturated carbocycles. The lowest BCUT2D eigenvalue weighted by atomic mass is 10.1. The van der Waals surface area contributed by atoms with Gasteiger partial charge in [0.2, 0.25) is 0 Å². The molecule has 1 aliphatic carbocycles. The zero-order chi connectivity index (χ0) is 13.5. The van der Waals surface area contributed by atoms with Gasteiger partial charge in [0.15, 0.2) is 0 Å². The summed E-state index contributed by atoms with van der Waals surface area (Å²) in [5.41, 5.74) is 3.83. The van der Waals surface area contributed by atoms with E-state index < -0.39 is 0 Å². The van der Waals surface area contributed by atoms with Gasteiger partial charge in [-0.2, -0.15) is 0 Å². The molecule has 0 radical (unpaired) electrons. The number of thiophene rings is 1. The Morgan fingerprint density at radius 1 is 1.25 bits per heavy atom. The number of anilines is 1. The van der Waals surface area contributed by atoms with Crippen molar-refractivity contribution in [1.29, 1.82) is 0 Å². The third-order valence-corrected chi connectivity index (χ3v) is 5.64. The van der Waals surface area contributed by atoms with Gasteiger partial charge in [-0.3, -0.25) is 0 Å². The van der Waals surface area contributed by atoms with Crippen LogP contribution in [0.3, 0.4) is 0 Å². The molecule has 0 spiro atoms. The van der Waals surface area contributed by atoms with Crippen molar-refractivity contribution in [3.05, 3.63) is 51.6 Å². The van der Waals surface area contributed by atoms with E-state index in [2.05, 4.69) is 60.9 Å². The molecule has 3 nitrogen and oxygen atoms in total. The van der Waals surface area contributed by atoms with Crippen molar-refractivity contribution in [2.75, 3.05) is 5.32 Å². The van der Waals surface area contributed by atoms with Gasteiger partial charge in [-0.1, -0.05) is 24.3 Å². The molecule has 1 aliphatic rings. The maximum atomic E-state index is 4.42. The third kappa shape index (κ3) is 1.93. The van der Waals surface area contributed by atoms with Crippen LogP contribution in [0.15, 0.2) is 40.4 Å². The number of halogens is 1. The molecule has 1 atom stereocenters. The minimum absolute atomic E-state index is 0.352. The van der Waals surface area contributed by atoms with Gasteiger partial charge in [-0.05, 0) is 39.9 Å². The SMILES string of the molecule is Brc1csc2c(N[C@H]3CCc4ccccc43)ncnc12. The Morgan fingerprint density at radius 3 is 3.10 bits per heavy atom. The number of fused-ring (bicyclic) bond motifs is 2. The van der Waals surface area contributed by atoms with E-state index in [9.17, 15) is 0 Å². The first-order valence-electron chi connectivity index (χ1n) is 6.55. The van der Waals surface area contributed by atoms with Crippen LogP contribution in [0.5, 0.6) is 0 Å². The highest BCUT2D eigenvalue weighted by Gasteiger charge is 2.23. The zero-order valence-corrected chi connectivity index (χ0v) is 13.0. The van der Waals surface area contributed by atoms with Crippen molar-refractivity contribution >= 4 is 43.3 Å². The molecule has 0 aliphatic heterocycles. The van der Waals surface area contributed by atoms with Crippen LogP contribution >= 0.6 is 27.3 Å².